The maximum Gasteiger partial charge on any atom is 0.410 e. The zero-order chi connectivity index (χ0) is 20.3. The minimum Gasteiger partial charge on any atom is -0.465 e. The monoisotopic (exact) mass is 393 g/mol. The molecule has 1 saturated carbocycles. The fourth-order valence-corrected chi connectivity index (χ4v) is 6.42. The first-order valence-electron chi connectivity index (χ1n) is 10.9. The highest BCUT2D eigenvalue weighted by Crippen LogP contribution is 2.56. The summed E-state index contributed by atoms with van der Waals surface area (Å²) in [6.07, 6.45) is 3.84. The summed E-state index contributed by atoms with van der Waals surface area (Å²) in [7, 11) is 0. The number of hydrogen-bond donors (Lipinski definition) is 1. The van der Waals surface area contributed by atoms with Crippen LogP contribution in [0.3, 0.4) is 0 Å². The van der Waals surface area contributed by atoms with Gasteiger partial charge in [-0.25, -0.2) is 9.59 Å². The average molecular weight is 394 g/mol. The molecule has 0 radical (unpaired) electrons. The zero-order valence-electron chi connectivity index (χ0n) is 17.7. The first kappa shape index (κ1) is 19.8. The molecule has 0 bridgehead atoms. The number of likely N-dealkylation sites (tertiary alicyclic amines) is 2. The van der Waals surface area contributed by atoms with E-state index in [-0.39, 0.29) is 22.6 Å². The Kier molecular flexibility index (Phi) is 4.60. The number of carbonyl (C=O) groups is 2. The summed E-state index contributed by atoms with van der Waals surface area (Å²) in [6.45, 7) is 12.7. The lowest BCUT2D eigenvalue weighted by Gasteiger charge is -2.58. The number of ether oxygens (including phenoxy) is 1. The molecule has 7 nitrogen and oxygen atoms in total. The standard InChI is InChI=1S/C21H35N3O4/c1-5-9-24-18(27)28-21(19(24,3)4)7-11-22(12-8-21)16-13-20(15(16)2)6-10-23(14-20)17(25)26/h15-16H,5-14H2,1-4H3,(H,25,26). The van der Waals surface area contributed by atoms with Crippen LogP contribution < -0.4 is 0 Å². The predicted octanol–water partition coefficient (Wildman–Crippen LogP) is 3.24. The lowest BCUT2D eigenvalue weighted by atomic mass is 9.56. The molecular weight excluding hydrogens is 358 g/mol. The molecule has 7 heteroatoms. The van der Waals surface area contributed by atoms with Gasteiger partial charge in [0.25, 0.3) is 0 Å². The molecule has 3 aliphatic heterocycles. The minimum absolute atomic E-state index is 0.156. The van der Waals surface area contributed by atoms with Crippen molar-refractivity contribution in [2.24, 2.45) is 11.3 Å². The molecule has 3 unspecified atom stereocenters. The van der Waals surface area contributed by atoms with Gasteiger partial charge in [-0.2, -0.15) is 0 Å². The molecule has 0 aromatic rings. The van der Waals surface area contributed by atoms with E-state index in [1.54, 1.807) is 4.90 Å². The Morgan fingerprint density at radius 1 is 1.21 bits per heavy atom. The van der Waals surface area contributed by atoms with E-state index in [1.165, 1.54) is 0 Å². The van der Waals surface area contributed by atoms with Crippen molar-refractivity contribution in [2.75, 3.05) is 32.7 Å². The van der Waals surface area contributed by atoms with Crippen molar-refractivity contribution in [1.29, 1.82) is 0 Å². The highest BCUT2D eigenvalue weighted by molar-refractivity contribution is 5.72. The molecule has 4 fully saturated rings. The Morgan fingerprint density at radius 2 is 1.89 bits per heavy atom. The van der Waals surface area contributed by atoms with Crippen LogP contribution in [0, 0.1) is 11.3 Å². The van der Waals surface area contributed by atoms with Crippen molar-refractivity contribution in [1.82, 2.24) is 14.7 Å². The SMILES string of the molecule is CCCN1C(=O)OC2(CCN(C3CC4(CCN(C(=O)O)C4)C3C)CC2)C1(C)C. The van der Waals surface area contributed by atoms with Gasteiger partial charge in [0, 0.05) is 51.6 Å². The molecule has 3 saturated heterocycles. The molecule has 0 aromatic heterocycles. The summed E-state index contributed by atoms with van der Waals surface area (Å²) in [5, 5.41) is 9.28. The smallest absolute Gasteiger partial charge is 0.410 e. The summed E-state index contributed by atoms with van der Waals surface area (Å²) in [5.41, 5.74) is -0.477. The molecule has 1 N–H and O–H groups in total. The quantitative estimate of drug-likeness (QED) is 0.797. The second kappa shape index (κ2) is 6.51. The molecule has 4 aliphatic rings. The number of hydrogen-bond acceptors (Lipinski definition) is 4. The fraction of sp³-hybridized carbons (Fsp3) is 0.905. The van der Waals surface area contributed by atoms with E-state index in [0.29, 0.717) is 25.0 Å². The summed E-state index contributed by atoms with van der Waals surface area (Å²) in [6, 6.07) is 0.526. The van der Waals surface area contributed by atoms with Crippen LogP contribution in [0.5, 0.6) is 0 Å². The summed E-state index contributed by atoms with van der Waals surface area (Å²) in [4.78, 5) is 29.8. The van der Waals surface area contributed by atoms with Crippen molar-refractivity contribution in [3.05, 3.63) is 0 Å². The van der Waals surface area contributed by atoms with Crippen molar-refractivity contribution < 1.29 is 19.4 Å². The van der Waals surface area contributed by atoms with Gasteiger partial charge in [0.05, 0.1) is 5.54 Å². The molecule has 1 aliphatic carbocycles. The topological polar surface area (TPSA) is 73.3 Å². The van der Waals surface area contributed by atoms with E-state index in [2.05, 4.69) is 32.6 Å². The number of amides is 2. The van der Waals surface area contributed by atoms with Gasteiger partial charge in [-0.05, 0) is 44.4 Å². The number of rotatable bonds is 3. The van der Waals surface area contributed by atoms with E-state index in [0.717, 1.165) is 51.7 Å². The van der Waals surface area contributed by atoms with Gasteiger partial charge in [0.1, 0.15) is 5.60 Å². The minimum atomic E-state index is -0.783. The number of carboxylic acid groups (broad SMARTS) is 1. The van der Waals surface area contributed by atoms with Crippen molar-refractivity contribution >= 4 is 12.2 Å². The molecule has 28 heavy (non-hydrogen) atoms. The van der Waals surface area contributed by atoms with Crippen molar-refractivity contribution in [3.63, 3.8) is 0 Å². The highest BCUT2D eigenvalue weighted by atomic mass is 16.6. The largest absolute Gasteiger partial charge is 0.465 e. The second-order valence-corrected chi connectivity index (χ2v) is 9.99. The maximum atomic E-state index is 12.5. The van der Waals surface area contributed by atoms with Gasteiger partial charge >= 0.3 is 12.2 Å². The predicted molar refractivity (Wildman–Crippen MR) is 105 cm³/mol. The first-order chi connectivity index (χ1) is 13.2. The van der Waals surface area contributed by atoms with Crippen LogP contribution in [-0.4, -0.2) is 81.9 Å². The van der Waals surface area contributed by atoms with Crippen LogP contribution in [0.4, 0.5) is 9.59 Å². The highest BCUT2D eigenvalue weighted by Gasteiger charge is 2.62. The second-order valence-electron chi connectivity index (χ2n) is 9.99. The lowest BCUT2D eigenvalue weighted by molar-refractivity contribution is -0.106. The lowest BCUT2D eigenvalue weighted by Crippen LogP contribution is -2.64. The van der Waals surface area contributed by atoms with Gasteiger partial charge in [-0.15, -0.1) is 0 Å². The van der Waals surface area contributed by atoms with E-state index in [1.807, 2.05) is 4.90 Å². The van der Waals surface area contributed by atoms with Gasteiger partial charge in [0.2, 0.25) is 0 Å². The Balaban J connectivity index is 1.38. The van der Waals surface area contributed by atoms with Gasteiger partial charge in [-0.1, -0.05) is 13.8 Å². The first-order valence-corrected chi connectivity index (χ1v) is 10.9. The van der Waals surface area contributed by atoms with Crippen LogP contribution >= 0.6 is 0 Å². The fourth-order valence-electron chi connectivity index (χ4n) is 6.42. The third-order valence-corrected chi connectivity index (χ3v) is 8.63. The molecule has 0 aromatic carbocycles. The molecule has 2 spiro atoms. The van der Waals surface area contributed by atoms with Crippen molar-refractivity contribution in [3.8, 4) is 0 Å². The van der Waals surface area contributed by atoms with E-state index in [4.69, 9.17) is 4.74 Å². The van der Waals surface area contributed by atoms with E-state index in [9.17, 15) is 14.7 Å². The van der Waals surface area contributed by atoms with E-state index >= 15 is 0 Å². The molecule has 3 atom stereocenters. The third kappa shape index (κ3) is 2.65. The molecule has 158 valence electrons. The van der Waals surface area contributed by atoms with E-state index < -0.39 is 6.09 Å². The third-order valence-electron chi connectivity index (χ3n) is 8.63. The molecule has 4 rings (SSSR count). The maximum absolute atomic E-state index is 12.5. The van der Waals surface area contributed by atoms with Crippen LogP contribution in [0.25, 0.3) is 0 Å². The molecule has 3 heterocycles. The van der Waals surface area contributed by atoms with Crippen LogP contribution in [0.2, 0.25) is 0 Å². The van der Waals surface area contributed by atoms with Crippen LogP contribution in [0.1, 0.15) is 59.8 Å². The molecular formula is C21H35N3O4. The number of nitrogens with zero attached hydrogens (tertiary/aromatic N) is 3. The summed E-state index contributed by atoms with van der Waals surface area (Å²) in [5.74, 6) is 0.515. The summed E-state index contributed by atoms with van der Waals surface area (Å²) < 4.78 is 6.00. The van der Waals surface area contributed by atoms with Gasteiger partial charge < -0.3 is 14.7 Å². The Morgan fingerprint density at radius 3 is 2.43 bits per heavy atom. The normalized spacial score (nSPS) is 36.8. The Hall–Kier alpha value is -1.50. The average Bonchev–Trinajstić information content (AvgIpc) is 3.18. The van der Waals surface area contributed by atoms with Gasteiger partial charge in [0.15, 0.2) is 0 Å². The number of piperidine rings is 1. The zero-order valence-corrected chi connectivity index (χ0v) is 17.7. The Bertz CT molecular complexity index is 658. The van der Waals surface area contributed by atoms with Crippen molar-refractivity contribution in [2.45, 2.75) is 77.0 Å². The van der Waals surface area contributed by atoms with Gasteiger partial charge in [-0.3, -0.25) is 9.80 Å². The van der Waals surface area contributed by atoms with Crippen LogP contribution in [-0.2, 0) is 4.74 Å². The Labute approximate surface area is 168 Å². The molecule has 2 amide bonds. The van der Waals surface area contributed by atoms with Crippen LogP contribution in [0.15, 0.2) is 0 Å². The number of carbonyl (C=O) groups excluding carboxylic acids is 1. The summed E-state index contributed by atoms with van der Waals surface area (Å²) >= 11 is 0.